The third kappa shape index (κ3) is 3.98. The fourth-order valence-corrected chi connectivity index (χ4v) is 3.85. The Morgan fingerprint density at radius 2 is 1.93 bits per heavy atom. The van der Waals surface area contributed by atoms with E-state index >= 15 is 0 Å². The molecule has 1 N–H and O–H groups in total. The molecule has 1 fully saturated rings. The molecule has 0 unspecified atom stereocenters. The molecular formula is C22H23ClN4O2. The van der Waals surface area contributed by atoms with Crippen molar-refractivity contribution >= 4 is 40.0 Å². The number of aromatic nitrogens is 2. The maximum atomic E-state index is 12.9. The standard InChI is InChI=1S/C22H23ClN4O2/c1-14-16(23)8-5-11-17(14)25-21(28)15-7-6-12-27(13-15)20-22(29-2)26-19-10-4-3-9-18(19)24-20/h3-5,8-11,15H,6-7,12-13H2,1-2H3,(H,25,28)/t15-/m0/s1. The number of piperidine rings is 1. The van der Waals surface area contributed by atoms with Gasteiger partial charge in [0.15, 0.2) is 5.82 Å². The Balaban J connectivity index is 1.56. The van der Waals surface area contributed by atoms with Crippen molar-refractivity contribution in [2.75, 3.05) is 30.4 Å². The second-order valence-electron chi connectivity index (χ2n) is 7.23. The van der Waals surface area contributed by atoms with Gasteiger partial charge in [-0.25, -0.2) is 9.97 Å². The van der Waals surface area contributed by atoms with Crippen molar-refractivity contribution in [1.29, 1.82) is 0 Å². The number of anilines is 2. The Hall–Kier alpha value is -2.86. The normalized spacial score (nSPS) is 16.7. The van der Waals surface area contributed by atoms with E-state index in [9.17, 15) is 4.79 Å². The van der Waals surface area contributed by atoms with E-state index in [1.807, 2.05) is 49.4 Å². The van der Waals surface area contributed by atoms with Crippen LogP contribution in [-0.4, -0.2) is 36.1 Å². The third-order valence-electron chi connectivity index (χ3n) is 5.33. The van der Waals surface area contributed by atoms with Crippen molar-refractivity contribution < 1.29 is 9.53 Å². The fraction of sp³-hybridized carbons (Fsp3) is 0.318. The van der Waals surface area contributed by atoms with E-state index < -0.39 is 0 Å². The zero-order chi connectivity index (χ0) is 20.4. The molecule has 0 bridgehead atoms. The van der Waals surface area contributed by atoms with Crippen LogP contribution < -0.4 is 15.0 Å². The van der Waals surface area contributed by atoms with Gasteiger partial charge >= 0.3 is 0 Å². The average Bonchev–Trinajstić information content (AvgIpc) is 2.76. The van der Waals surface area contributed by atoms with E-state index in [1.54, 1.807) is 7.11 Å². The number of para-hydroxylation sites is 2. The highest BCUT2D eigenvalue weighted by Crippen LogP contribution is 2.31. The van der Waals surface area contributed by atoms with Gasteiger partial charge in [0.1, 0.15) is 0 Å². The van der Waals surface area contributed by atoms with Crippen LogP contribution in [0, 0.1) is 12.8 Å². The summed E-state index contributed by atoms with van der Waals surface area (Å²) in [7, 11) is 1.60. The maximum Gasteiger partial charge on any atom is 0.257 e. The number of halogens is 1. The first kappa shape index (κ1) is 19.5. The van der Waals surface area contributed by atoms with Gasteiger partial charge in [0, 0.05) is 23.8 Å². The number of nitrogens with one attached hydrogen (secondary N) is 1. The van der Waals surface area contributed by atoms with Crippen molar-refractivity contribution in [2.45, 2.75) is 19.8 Å². The number of hydrogen-bond donors (Lipinski definition) is 1. The highest BCUT2D eigenvalue weighted by atomic mass is 35.5. The van der Waals surface area contributed by atoms with E-state index in [0.717, 1.165) is 41.7 Å². The van der Waals surface area contributed by atoms with Crippen LogP contribution in [0.3, 0.4) is 0 Å². The number of rotatable bonds is 4. The molecule has 1 atom stereocenters. The number of nitrogens with zero attached hydrogens (tertiary/aromatic N) is 3. The van der Waals surface area contributed by atoms with Gasteiger partial charge in [-0.05, 0) is 49.6 Å². The Bertz CT molecular complexity index is 1060. The molecule has 29 heavy (non-hydrogen) atoms. The van der Waals surface area contributed by atoms with Crippen LogP contribution in [0.1, 0.15) is 18.4 Å². The molecule has 4 rings (SSSR count). The first-order valence-corrected chi connectivity index (χ1v) is 10.1. The van der Waals surface area contributed by atoms with Crippen molar-refractivity contribution in [3.8, 4) is 5.88 Å². The van der Waals surface area contributed by atoms with Crippen LogP contribution in [0.5, 0.6) is 5.88 Å². The lowest BCUT2D eigenvalue weighted by Crippen LogP contribution is -2.41. The van der Waals surface area contributed by atoms with Gasteiger partial charge < -0.3 is 15.0 Å². The average molecular weight is 411 g/mol. The molecule has 150 valence electrons. The molecule has 0 aliphatic carbocycles. The van der Waals surface area contributed by atoms with Crippen LogP contribution in [0.15, 0.2) is 42.5 Å². The Morgan fingerprint density at radius 3 is 2.69 bits per heavy atom. The molecule has 0 saturated carbocycles. The monoisotopic (exact) mass is 410 g/mol. The SMILES string of the molecule is COc1nc2ccccc2nc1N1CCC[C@H](C(=O)Nc2cccc(Cl)c2C)C1. The Kier molecular flexibility index (Phi) is 5.53. The van der Waals surface area contributed by atoms with Crippen LogP contribution in [0.2, 0.25) is 5.02 Å². The summed E-state index contributed by atoms with van der Waals surface area (Å²) in [6, 6.07) is 13.2. The first-order chi connectivity index (χ1) is 14.1. The van der Waals surface area contributed by atoms with E-state index in [2.05, 4.69) is 15.2 Å². The lowest BCUT2D eigenvalue weighted by Gasteiger charge is -2.33. The van der Waals surface area contributed by atoms with Crippen molar-refractivity contribution in [3.05, 3.63) is 53.1 Å². The topological polar surface area (TPSA) is 67.4 Å². The van der Waals surface area contributed by atoms with Gasteiger partial charge in [-0.2, -0.15) is 0 Å². The van der Waals surface area contributed by atoms with Gasteiger partial charge in [0.25, 0.3) is 5.88 Å². The summed E-state index contributed by atoms with van der Waals surface area (Å²) < 4.78 is 5.50. The molecule has 1 aliphatic heterocycles. The Labute approximate surface area is 174 Å². The number of ether oxygens (including phenoxy) is 1. The minimum Gasteiger partial charge on any atom is -0.478 e. The van der Waals surface area contributed by atoms with Gasteiger partial charge in [0.05, 0.1) is 24.1 Å². The van der Waals surface area contributed by atoms with E-state index in [1.165, 1.54) is 0 Å². The number of methoxy groups -OCH3 is 1. The summed E-state index contributed by atoms with van der Waals surface area (Å²) in [5.41, 5.74) is 3.22. The number of benzene rings is 2. The molecule has 3 aromatic rings. The summed E-state index contributed by atoms with van der Waals surface area (Å²) in [4.78, 5) is 24.4. The molecule has 1 amide bonds. The molecule has 1 aromatic heterocycles. The predicted molar refractivity (Wildman–Crippen MR) is 116 cm³/mol. The molecule has 0 spiro atoms. The minimum atomic E-state index is -0.153. The van der Waals surface area contributed by atoms with Crippen LogP contribution in [0.4, 0.5) is 11.5 Å². The van der Waals surface area contributed by atoms with Crippen LogP contribution in [0.25, 0.3) is 11.0 Å². The summed E-state index contributed by atoms with van der Waals surface area (Å²) in [5.74, 6) is 1.01. The van der Waals surface area contributed by atoms with Gasteiger partial charge in [-0.1, -0.05) is 29.8 Å². The first-order valence-electron chi connectivity index (χ1n) is 9.68. The number of carbonyl (C=O) groups is 1. The van der Waals surface area contributed by atoms with Gasteiger partial charge in [0.2, 0.25) is 5.91 Å². The summed E-state index contributed by atoms with van der Waals surface area (Å²) in [6.07, 6.45) is 1.72. The number of fused-ring (bicyclic) bond motifs is 1. The van der Waals surface area contributed by atoms with Crippen LogP contribution >= 0.6 is 11.6 Å². The molecule has 6 nitrogen and oxygen atoms in total. The number of carbonyl (C=O) groups excluding carboxylic acids is 1. The van der Waals surface area contributed by atoms with E-state index in [4.69, 9.17) is 21.3 Å². The second-order valence-corrected chi connectivity index (χ2v) is 7.64. The smallest absolute Gasteiger partial charge is 0.257 e. The highest BCUT2D eigenvalue weighted by molar-refractivity contribution is 6.31. The minimum absolute atomic E-state index is 0.00668. The van der Waals surface area contributed by atoms with Gasteiger partial charge in [-0.15, -0.1) is 0 Å². The van der Waals surface area contributed by atoms with Gasteiger partial charge in [-0.3, -0.25) is 4.79 Å². The molecule has 2 heterocycles. The predicted octanol–water partition coefficient (Wildman–Crippen LogP) is 4.46. The van der Waals surface area contributed by atoms with Crippen LogP contribution in [-0.2, 0) is 4.79 Å². The molecule has 1 aliphatic rings. The highest BCUT2D eigenvalue weighted by Gasteiger charge is 2.29. The lowest BCUT2D eigenvalue weighted by atomic mass is 9.97. The maximum absolute atomic E-state index is 12.9. The molecule has 1 saturated heterocycles. The number of amides is 1. The molecule has 7 heteroatoms. The van der Waals surface area contributed by atoms with E-state index in [0.29, 0.717) is 23.3 Å². The largest absolute Gasteiger partial charge is 0.478 e. The fourth-order valence-electron chi connectivity index (χ4n) is 3.68. The third-order valence-corrected chi connectivity index (χ3v) is 5.74. The quantitative estimate of drug-likeness (QED) is 0.688. The summed E-state index contributed by atoms with van der Waals surface area (Å²) in [6.45, 7) is 3.28. The van der Waals surface area contributed by atoms with Crippen molar-refractivity contribution in [2.24, 2.45) is 5.92 Å². The zero-order valence-electron chi connectivity index (χ0n) is 16.5. The summed E-state index contributed by atoms with van der Waals surface area (Å²) >= 11 is 6.18. The number of hydrogen-bond acceptors (Lipinski definition) is 5. The second kappa shape index (κ2) is 8.25. The molecule has 2 aromatic carbocycles. The molecular weight excluding hydrogens is 388 g/mol. The zero-order valence-corrected chi connectivity index (χ0v) is 17.2. The van der Waals surface area contributed by atoms with E-state index in [-0.39, 0.29) is 11.8 Å². The van der Waals surface area contributed by atoms with Crippen molar-refractivity contribution in [3.63, 3.8) is 0 Å². The van der Waals surface area contributed by atoms with Crippen molar-refractivity contribution in [1.82, 2.24) is 9.97 Å². The molecule has 0 radical (unpaired) electrons. The summed E-state index contributed by atoms with van der Waals surface area (Å²) in [5, 5.41) is 3.68. The lowest BCUT2D eigenvalue weighted by molar-refractivity contribution is -0.120. The Morgan fingerprint density at radius 1 is 1.17 bits per heavy atom.